The van der Waals surface area contributed by atoms with Crippen LogP contribution in [0.3, 0.4) is 0 Å². The smallest absolute Gasteiger partial charge is 0.249 e. The number of hydrogen-bond acceptors (Lipinski definition) is 4. The number of nitrogens with one attached hydrogen (secondary N) is 1. The first-order chi connectivity index (χ1) is 10.0. The van der Waals surface area contributed by atoms with Crippen molar-refractivity contribution in [2.75, 3.05) is 19.7 Å². The van der Waals surface area contributed by atoms with E-state index in [1.54, 1.807) is 12.4 Å². The molecule has 1 aromatic rings. The third-order valence-corrected chi connectivity index (χ3v) is 2.74. The molecule has 21 heavy (non-hydrogen) atoms. The number of ether oxygens (including phenoxy) is 1. The molecule has 0 unspecified atom stereocenters. The molecule has 0 radical (unpaired) electrons. The van der Waals surface area contributed by atoms with E-state index >= 15 is 0 Å². The van der Waals surface area contributed by atoms with Crippen molar-refractivity contribution >= 4 is 11.8 Å². The summed E-state index contributed by atoms with van der Waals surface area (Å²) in [4.78, 5) is 29.1. The van der Waals surface area contributed by atoms with Crippen LogP contribution in [-0.4, -0.2) is 47.4 Å². The van der Waals surface area contributed by atoms with Crippen molar-refractivity contribution in [1.82, 2.24) is 15.2 Å². The highest BCUT2D eigenvalue weighted by Crippen LogP contribution is 1.99. The van der Waals surface area contributed by atoms with Crippen LogP contribution in [0, 0.1) is 0 Å². The Kier molecular flexibility index (Phi) is 7.39. The number of hydrogen-bond donors (Lipinski definition) is 1. The second-order valence-electron chi connectivity index (χ2n) is 4.98. The fourth-order valence-corrected chi connectivity index (χ4v) is 1.75. The van der Waals surface area contributed by atoms with Gasteiger partial charge in [0.15, 0.2) is 0 Å². The monoisotopic (exact) mass is 293 g/mol. The van der Waals surface area contributed by atoms with Gasteiger partial charge in [0.25, 0.3) is 0 Å². The van der Waals surface area contributed by atoms with Crippen molar-refractivity contribution in [3.05, 3.63) is 30.1 Å². The topological polar surface area (TPSA) is 71.5 Å². The minimum Gasteiger partial charge on any atom is -0.367 e. The van der Waals surface area contributed by atoms with Crippen LogP contribution >= 0.6 is 0 Å². The first kappa shape index (κ1) is 17.1. The van der Waals surface area contributed by atoms with Gasteiger partial charge in [-0.25, -0.2) is 0 Å². The van der Waals surface area contributed by atoms with Crippen LogP contribution in [-0.2, 0) is 20.9 Å². The summed E-state index contributed by atoms with van der Waals surface area (Å²) in [7, 11) is 0. The minimum absolute atomic E-state index is 0.0440. The quantitative estimate of drug-likeness (QED) is 0.775. The van der Waals surface area contributed by atoms with Crippen molar-refractivity contribution in [2.24, 2.45) is 0 Å². The van der Waals surface area contributed by atoms with E-state index in [4.69, 9.17) is 4.74 Å². The maximum absolute atomic E-state index is 12.0. The van der Waals surface area contributed by atoms with Gasteiger partial charge >= 0.3 is 0 Å². The highest BCUT2D eigenvalue weighted by molar-refractivity contribution is 5.85. The van der Waals surface area contributed by atoms with Crippen molar-refractivity contribution in [3.63, 3.8) is 0 Å². The van der Waals surface area contributed by atoms with Crippen molar-refractivity contribution in [2.45, 2.75) is 33.4 Å². The molecule has 0 aliphatic rings. The average Bonchev–Trinajstić information content (AvgIpc) is 2.45. The van der Waals surface area contributed by atoms with Gasteiger partial charge in [-0.15, -0.1) is 0 Å². The van der Waals surface area contributed by atoms with Gasteiger partial charge < -0.3 is 15.0 Å². The Morgan fingerprint density at radius 3 is 2.76 bits per heavy atom. The van der Waals surface area contributed by atoms with E-state index in [1.165, 1.54) is 4.90 Å². The molecule has 1 N–H and O–H groups in total. The van der Waals surface area contributed by atoms with Crippen molar-refractivity contribution in [1.29, 1.82) is 0 Å². The van der Waals surface area contributed by atoms with Crippen LogP contribution in [0.4, 0.5) is 0 Å². The second kappa shape index (κ2) is 9.07. The average molecular weight is 293 g/mol. The van der Waals surface area contributed by atoms with Gasteiger partial charge in [0, 0.05) is 25.0 Å². The number of pyridine rings is 1. The Morgan fingerprint density at radius 2 is 2.19 bits per heavy atom. The van der Waals surface area contributed by atoms with Gasteiger partial charge in [-0.2, -0.15) is 0 Å². The molecule has 0 aromatic carbocycles. The third-order valence-electron chi connectivity index (χ3n) is 2.74. The summed E-state index contributed by atoms with van der Waals surface area (Å²) in [5.41, 5.74) is 0.908. The second-order valence-corrected chi connectivity index (χ2v) is 4.98. The predicted molar refractivity (Wildman–Crippen MR) is 79.4 cm³/mol. The van der Waals surface area contributed by atoms with Gasteiger partial charge in [0.05, 0.1) is 13.2 Å². The Balaban J connectivity index is 2.35. The summed E-state index contributed by atoms with van der Waals surface area (Å²) in [5.74, 6) is -0.354. The molecule has 1 aromatic heterocycles. The summed E-state index contributed by atoms with van der Waals surface area (Å²) in [6.45, 7) is 6.42. The zero-order valence-corrected chi connectivity index (χ0v) is 12.8. The van der Waals surface area contributed by atoms with Crippen LogP contribution in [0.5, 0.6) is 0 Å². The van der Waals surface area contributed by atoms with Gasteiger partial charge in [0.2, 0.25) is 11.8 Å². The highest BCUT2D eigenvalue weighted by atomic mass is 16.5. The van der Waals surface area contributed by atoms with E-state index in [1.807, 2.05) is 32.9 Å². The molecule has 0 aliphatic carbocycles. The number of amides is 2. The normalized spacial score (nSPS) is 10.5. The SMILES string of the molecule is CCN(CC(=O)NC(C)C)C(=O)COCc1cccnc1. The number of rotatable bonds is 8. The summed E-state index contributed by atoms with van der Waals surface area (Å²) in [6, 6.07) is 3.76. The molecule has 0 aliphatic heterocycles. The number of carbonyl (C=O) groups excluding carboxylic acids is 2. The van der Waals surface area contributed by atoms with Gasteiger partial charge in [-0.3, -0.25) is 14.6 Å². The van der Waals surface area contributed by atoms with Crippen LogP contribution in [0.2, 0.25) is 0 Å². The number of carbonyl (C=O) groups is 2. The van der Waals surface area contributed by atoms with Crippen molar-refractivity contribution in [3.8, 4) is 0 Å². The fraction of sp³-hybridized carbons (Fsp3) is 0.533. The molecule has 0 atom stereocenters. The lowest BCUT2D eigenvalue weighted by molar-refractivity contribution is -0.140. The molecule has 1 heterocycles. The Bertz CT molecular complexity index is 449. The van der Waals surface area contributed by atoms with Gasteiger partial charge in [0.1, 0.15) is 6.61 Å². The zero-order valence-electron chi connectivity index (χ0n) is 12.8. The Morgan fingerprint density at radius 1 is 1.43 bits per heavy atom. The molecular weight excluding hydrogens is 270 g/mol. The standard InChI is InChI=1S/C15H23N3O3/c1-4-18(9-14(19)17-12(2)3)15(20)11-21-10-13-6-5-7-16-8-13/h5-8,12H,4,9-11H2,1-3H3,(H,17,19). The Labute approximate surface area is 125 Å². The van der Waals surface area contributed by atoms with E-state index in [9.17, 15) is 9.59 Å². The molecule has 1 rings (SSSR count). The first-order valence-corrected chi connectivity index (χ1v) is 7.06. The van der Waals surface area contributed by atoms with E-state index in [0.717, 1.165) is 5.56 Å². The lowest BCUT2D eigenvalue weighted by atomic mass is 10.3. The van der Waals surface area contributed by atoms with E-state index < -0.39 is 0 Å². The third kappa shape index (κ3) is 6.85. The molecule has 116 valence electrons. The molecule has 0 saturated carbocycles. The van der Waals surface area contributed by atoms with E-state index in [0.29, 0.717) is 13.2 Å². The van der Waals surface area contributed by atoms with Crippen LogP contribution < -0.4 is 5.32 Å². The zero-order chi connectivity index (χ0) is 15.7. The number of likely N-dealkylation sites (N-methyl/N-ethyl adjacent to an activating group) is 1. The minimum atomic E-state index is -0.194. The fourth-order valence-electron chi connectivity index (χ4n) is 1.75. The van der Waals surface area contributed by atoms with Crippen LogP contribution in [0.15, 0.2) is 24.5 Å². The lowest BCUT2D eigenvalue weighted by Crippen LogP contribution is -2.43. The van der Waals surface area contributed by atoms with Crippen LogP contribution in [0.25, 0.3) is 0 Å². The van der Waals surface area contributed by atoms with E-state index in [2.05, 4.69) is 10.3 Å². The molecule has 0 fully saturated rings. The molecule has 6 nitrogen and oxygen atoms in total. The summed E-state index contributed by atoms with van der Waals surface area (Å²) >= 11 is 0. The van der Waals surface area contributed by atoms with Crippen LogP contribution in [0.1, 0.15) is 26.3 Å². The predicted octanol–water partition coefficient (Wildman–Crippen LogP) is 0.971. The largest absolute Gasteiger partial charge is 0.367 e. The highest BCUT2D eigenvalue weighted by Gasteiger charge is 2.15. The first-order valence-electron chi connectivity index (χ1n) is 7.06. The molecule has 6 heteroatoms. The molecule has 0 spiro atoms. The van der Waals surface area contributed by atoms with Crippen molar-refractivity contribution < 1.29 is 14.3 Å². The number of nitrogens with zero attached hydrogens (tertiary/aromatic N) is 2. The van der Waals surface area contributed by atoms with E-state index in [-0.39, 0.29) is 31.0 Å². The Hall–Kier alpha value is -1.95. The summed E-state index contributed by atoms with van der Waals surface area (Å²) in [6.07, 6.45) is 3.37. The maximum atomic E-state index is 12.0. The molecule has 2 amide bonds. The number of aromatic nitrogens is 1. The van der Waals surface area contributed by atoms with Gasteiger partial charge in [-0.1, -0.05) is 6.07 Å². The maximum Gasteiger partial charge on any atom is 0.249 e. The molecule has 0 saturated heterocycles. The molecular formula is C15H23N3O3. The summed E-state index contributed by atoms with van der Waals surface area (Å²) in [5, 5.41) is 2.76. The van der Waals surface area contributed by atoms with Gasteiger partial charge in [-0.05, 0) is 32.4 Å². The molecule has 0 bridgehead atoms. The lowest BCUT2D eigenvalue weighted by Gasteiger charge is -2.21. The summed E-state index contributed by atoms with van der Waals surface area (Å²) < 4.78 is 5.36.